The number of halogens is 2. The van der Waals surface area contributed by atoms with Gasteiger partial charge in [0.25, 0.3) is 0 Å². The van der Waals surface area contributed by atoms with Crippen molar-refractivity contribution < 1.29 is 18.6 Å². The molecule has 0 aliphatic rings. The summed E-state index contributed by atoms with van der Waals surface area (Å²) in [7, 11) is 0. The molecule has 2 aromatic rings. The fourth-order valence-corrected chi connectivity index (χ4v) is 2.57. The van der Waals surface area contributed by atoms with Crippen LogP contribution in [0.4, 0.5) is 8.78 Å². The fourth-order valence-electron chi connectivity index (χ4n) is 2.57. The maximum Gasteiger partial charge on any atom is 0.201 e. The zero-order valence-corrected chi connectivity index (χ0v) is 14.0. The number of ether oxygens (including phenoxy) is 1. The highest BCUT2D eigenvalue weighted by Crippen LogP contribution is 2.30. The quantitative estimate of drug-likeness (QED) is 0.563. The molecule has 0 fully saturated rings. The minimum absolute atomic E-state index is 0.0522. The lowest BCUT2D eigenvalue weighted by Gasteiger charge is -2.10. The van der Waals surface area contributed by atoms with Gasteiger partial charge >= 0.3 is 0 Å². The van der Waals surface area contributed by atoms with Crippen LogP contribution in [0.25, 0.3) is 11.1 Å². The number of aromatic hydroxyl groups is 1. The summed E-state index contributed by atoms with van der Waals surface area (Å²) in [6.45, 7) is 2.56. The van der Waals surface area contributed by atoms with Crippen LogP contribution in [0, 0.1) is 11.6 Å². The topological polar surface area (TPSA) is 29.5 Å². The van der Waals surface area contributed by atoms with Gasteiger partial charge in [-0.2, -0.15) is 4.39 Å². The van der Waals surface area contributed by atoms with Gasteiger partial charge in [0, 0.05) is 5.56 Å². The van der Waals surface area contributed by atoms with E-state index in [1.54, 1.807) is 12.1 Å². The summed E-state index contributed by atoms with van der Waals surface area (Å²) in [5.41, 5.74) is 0.658. The minimum Gasteiger partial charge on any atom is -0.508 e. The Balaban J connectivity index is 1.93. The number of hydrogen-bond acceptors (Lipinski definition) is 2. The zero-order chi connectivity index (χ0) is 17.4. The molecule has 0 saturated heterocycles. The summed E-state index contributed by atoms with van der Waals surface area (Å²) >= 11 is 0. The third kappa shape index (κ3) is 4.95. The average Bonchev–Trinajstić information content (AvgIpc) is 2.59. The molecule has 0 aromatic heterocycles. The predicted molar refractivity (Wildman–Crippen MR) is 92.3 cm³/mol. The molecular weight excluding hydrogens is 310 g/mol. The maximum atomic E-state index is 14.2. The Hall–Kier alpha value is -2.10. The van der Waals surface area contributed by atoms with Crippen LogP contribution in [-0.2, 0) is 0 Å². The van der Waals surface area contributed by atoms with Crippen LogP contribution in [0.3, 0.4) is 0 Å². The van der Waals surface area contributed by atoms with Crippen LogP contribution in [0.15, 0.2) is 36.4 Å². The highest BCUT2D eigenvalue weighted by molar-refractivity contribution is 5.66. The van der Waals surface area contributed by atoms with E-state index in [-0.39, 0.29) is 17.1 Å². The first kappa shape index (κ1) is 18.2. The molecule has 24 heavy (non-hydrogen) atoms. The van der Waals surface area contributed by atoms with E-state index >= 15 is 0 Å². The number of unbranched alkanes of at least 4 members (excludes halogenated alkanes) is 5. The third-order valence-electron chi connectivity index (χ3n) is 3.98. The maximum absolute atomic E-state index is 14.2. The van der Waals surface area contributed by atoms with Crippen molar-refractivity contribution in [2.24, 2.45) is 0 Å². The van der Waals surface area contributed by atoms with Gasteiger partial charge in [-0.05, 0) is 36.2 Å². The van der Waals surface area contributed by atoms with Gasteiger partial charge in [-0.15, -0.1) is 0 Å². The summed E-state index contributed by atoms with van der Waals surface area (Å²) in [5.74, 6) is -1.87. The monoisotopic (exact) mass is 334 g/mol. The second-order valence-corrected chi connectivity index (χ2v) is 5.90. The summed E-state index contributed by atoms with van der Waals surface area (Å²) in [6, 6.07) is 8.93. The summed E-state index contributed by atoms with van der Waals surface area (Å²) in [4.78, 5) is 0. The fraction of sp³-hybridized carbons (Fsp3) is 0.400. The third-order valence-corrected chi connectivity index (χ3v) is 3.98. The number of rotatable bonds is 9. The van der Waals surface area contributed by atoms with E-state index in [0.717, 1.165) is 19.3 Å². The first-order chi connectivity index (χ1) is 11.6. The lowest BCUT2D eigenvalue weighted by atomic mass is 10.0. The van der Waals surface area contributed by atoms with Crippen molar-refractivity contribution in [3.63, 3.8) is 0 Å². The van der Waals surface area contributed by atoms with Crippen LogP contribution in [0.1, 0.15) is 45.4 Å². The lowest BCUT2D eigenvalue weighted by Crippen LogP contribution is -2.01. The molecule has 0 atom stereocenters. The molecule has 0 amide bonds. The zero-order valence-electron chi connectivity index (χ0n) is 14.0. The molecule has 2 rings (SSSR count). The molecular formula is C20H24F2O2. The highest BCUT2D eigenvalue weighted by atomic mass is 19.2. The summed E-state index contributed by atoms with van der Waals surface area (Å²) < 4.78 is 33.8. The van der Waals surface area contributed by atoms with Gasteiger partial charge in [0.15, 0.2) is 11.6 Å². The van der Waals surface area contributed by atoms with E-state index < -0.39 is 11.6 Å². The van der Waals surface area contributed by atoms with Gasteiger partial charge < -0.3 is 9.84 Å². The van der Waals surface area contributed by atoms with E-state index in [4.69, 9.17) is 4.74 Å². The molecule has 0 spiro atoms. The van der Waals surface area contributed by atoms with Gasteiger partial charge in [-0.3, -0.25) is 0 Å². The lowest BCUT2D eigenvalue weighted by molar-refractivity contribution is 0.285. The van der Waals surface area contributed by atoms with E-state index in [0.29, 0.717) is 12.2 Å². The Bertz CT molecular complexity index is 639. The van der Waals surface area contributed by atoms with Gasteiger partial charge in [0.2, 0.25) is 5.82 Å². The van der Waals surface area contributed by atoms with Gasteiger partial charge in [0.05, 0.1) is 6.61 Å². The molecule has 2 aromatic carbocycles. The molecule has 2 nitrogen and oxygen atoms in total. The Morgan fingerprint density at radius 1 is 0.833 bits per heavy atom. The summed E-state index contributed by atoms with van der Waals surface area (Å²) in [5, 5.41) is 9.27. The second-order valence-electron chi connectivity index (χ2n) is 5.90. The Labute approximate surface area is 142 Å². The van der Waals surface area contributed by atoms with Gasteiger partial charge in [-0.1, -0.05) is 51.2 Å². The van der Waals surface area contributed by atoms with Crippen LogP contribution in [-0.4, -0.2) is 11.7 Å². The minimum atomic E-state index is -0.966. The van der Waals surface area contributed by atoms with Crippen molar-refractivity contribution >= 4 is 0 Å². The van der Waals surface area contributed by atoms with Crippen molar-refractivity contribution in [1.82, 2.24) is 0 Å². The first-order valence-electron chi connectivity index (χ1n) is 8.53. The van der Waals surface area contributed by atoms with Crippen molar-refractivity contribution in [3.05, 3.63) is 48.0 Å². The Morgan fingerprint density at radius 2 is 1.50 bits per heavy atom. The molecule has 130 valence electrons. The van der Waals surface area contributed by atoms with Crippen LogP contribution < -0.4 is 4.74 Å². The molecule has 0 aliphatic heterocycles. The van der Waals surface area contributed by atoms with Gasteiger partial charge in [-0.25, -0.2) is 4.39 Å². The SMILES string of the molecule is CCCCCCCCOc1ccc(-c2ccc(O)cc2)c(F)c1F. The average molecular weight is 334 g/mol. The van der Waals surface area contributed by atoms with Crippen molar-refractivity contribution in [2.75, 3.05) is 6.61 Å². The molecule has 1 N–H and O–H groups in total. The highest BCUT2D eigenvalue weighted by Gasteiger charge is 2.15. The van der Waals surface area contributed by atoms with E-state index in [1.807, 2.05) is 0 Å². The van der Waals surface area contributed by atoms with Crippen LogP contribution in [0.2, 0.25) is 0 Å². The number of hydrogen-bond donors (Lipinski definition) is 1. The Morgan fingerprint density at radius 3 is 2.21 bits per heavy atom. The molecule has 0 saturated carbocycles. The molecule has 0 unspecified atom stereocenters. The van der Waals surface area contributed by atoms with Crippen molar-refractivity contribution in [2.45, 2.75) is 45.4 Å². The second kappa shape index (κ2) is 9.26. The largest absolute Gasteiger partial charge is 0.508 e. The van der Waals surface area contributed by atoms with E-state index in [2.05, 4.69) is 6.92 Å². The number of phenolic OH excluding ortho intramolecular Hbond substituents is 1. The summed E-state index contributed by atoms with van der Waals surface area (Å²) in [6.07, 6.45) is 6.67. The predicted octanol–water partition coefficient (Wildman–Crippen LogP) is 6.08. The Kier molecular flexibility index (Phi) is 7.04. The first-order valence-corrected chi connectivity index (χ1v) is 8.53. The van der Waals surface area contributed by atoms with Crippen LogP contribution >= 0.6 is 0 Å². The molecule has 0 bridgehead atoms. The normalized spacial score (nSPS) is 10.8. The van der Waals surface area contributed by atoms with Gasteiger partial charge in [0.1, 0.15) is 5.75 Å². The van der Waals surface area contributed by atoms with E-state index in [1.165, 1.54) is 43.5 Å². The van der Waals surface area contributed by atoms with Crippen LogP contribution in [0.5, 0.6) is 11.5 Å². The van der Waals surface area contributed by atoms with E-state index in [9.17, 15) is 13.9 Å². The molecule has 4 heteroatoms. The van der Waals surface area contributed by atoms with Crippen molar-refractivity contribution in [3.8, 4) is 22.6 Å². The number of phenols is 1. The van der Waals surface area contributed by atoms with Crippen molar-refractivity contribution in [1.29, 1.82) is 0 Å². The molecule has 0 heterocycles. The standard InChI is InChI=1S/C20H24F2O2/c1-2-3-4-5-6-7-14-24-18-13-12-17(19(21)20(18)22)15-8-10-16(23)11-9-15/h8-13,23H,2-7,14H2,1H3. The molecule has 0 aliphatic carbocycles. The molecule has 0 radical (unpaired) electrons. The smallest absolute Gasteiger partial charge is 0.201 e. The number of benzene rings is 2.